The summed E-state index contributed by atoms with van der Waals surface area (Å²) in [5.41, 5.74) is 6.08. The number of carbonyl (C=O) groups excluding carboxylic acids is 1. The van der Waals surface area contributed by atoms with Crippen molar-refractivity contribution >= 4 is 15.9 Å². The van der Waals surface area contributed by atoms with Gasteiger partial charge in [-0.25, -0.2) is 13.2 Å². The molecule has 1 heterocycles. The molecule has 0 spiro atoms. The van der Waals surface area contributed by atoms with E-state index in [0.29, 0.717) is 0 Å². The molecule has 1 fully saturated rings. The lowest BCUT2D eigenvalue weighted by Gasteiger charge is -2.34. The number of hydrogen-bond acceptors (Lipinski definition) is 3. The van der Waals surface area contributed by atoms with Crippen LogP contribution in [0.5, 0.6) is 0 Å². The second kappa shape index (κ2) is 4.37. The third kappa shape index (κ3) is 2.58. The van der Waals surface area contributed by atoms with Crippen LogP contribution in [0.25, 0.3) is 0 Å². The lowest BCUT2D eigenvalue weighted by molar-refractivity contribution is 0.190. The summed E-state index contributed by atoms with van der Waals surface area (Å²) in [6.45, 7) is 0.164. The van der Waals surface area contributed by atoms with E-state index in [1.165, 1.54) is 4.90 Å². The van der Waals surface area contributed by atoms with Crippen molar-refractivity contribution in [1.29, 1.82) is 0 Å². The van der Waals surface area contributed by atoms with Crippen molar-refractivity contribution in [3.63, 3.8) is 0 Å². The summed E-state index contributed by atoms with van der Waals surface area (Å²) in [4.78, 5) is 12.7. The number of nitrogens with two attached hydrogens (primary N) is 1. The van der Waals surface area contributed by atoms with Gasteiger partial charge in [-0.15, -0.1) is 0 Å². The fraction of sp³-hybridized carbons (Fsp3) is 0.364. The van der Waals surface area contributed by atoms with Crippen LogP contribution in [-0.2, 0) is 9.84 Å². The molecule has 1 atom stereocenters. The Morgan fingerprint density at radius 2 is 1.94 bits per heavy atom. The second-order valence-electron chi connectivity index (χ2n) is 4.07. The normalized spacial score (nSPS) is 23.3. The first-order valence-corrected chi connectivity index (χ1v) is 7.13. The molecule has 5 nitrogen and oxygen atoms in total. The Bertz CT molecular complexity index is 513. The summed E-state index contributed by atoms with van der Waals surface area (Å²) in [7, 11) is -3.10. The molecule has 92 valence electrons. The van der Waals surface area contributed by atoms with Gasteiger partial charge in [-0.2, -0.15) is 0 Å². The SMILES string of the molecule is NC(=O)N1CCS(=O)(=O)CC1c1ccccc1. The fourth-order valence-electron chi connectivity index (χ4n) is 2.02. The lowest BCUT2D eigenvalue weighted by atomic mass is 10.1. The van der Waals surface area contributed by atoms with Crippen LogP contribution in [0, 0.1) is 0 Å². The third-order valence-electron chi connectivity index (χ3n) is 2.90. The topological polar surface area (TPSA) is 80.5 Å². The van der Waals surface area contributed by atoms with Gasteiger partial charge < -0.3 is 10.6 Å². The molecule has 1 aromatic carbocycles. The zero-order valence-electron chi connectivity index (χ0n) is 9.24. The van der Waals surface area contributed by atoms with Gasteiger partial charge in [0.25, 0.3) is 0 Å². The Hall–Kier alpha value is -1.56. The molecule has 6 heteroatoms. The predicted octanol–water partition coefficient (Wildman–Crippen LogP) is 0.537. The molecule has 1 aromatic rings. The van der Waals surface area contributed by atoms with Gasteiger partial charge in [-0.05, 0) is 5.56 Å². The van der Waals surface area contributed by atoms with Crippen LogP contribution in [0.3, 0.4) is 0 Å². The zero-order chi connectivity index (χ0) is 12.5. The maximum absolute atomic E-state index is 11.6. The minimum absolute atomic E-state index is 0.0146. The molecule has 0 aromatic heterocycles. The van der Waals surface area contributed by atoms with Crippen LogP contribution in [0.1, 0.15) is 11.6 Å². The van der Waals surface area contributed by atoms with Crippen molar-refractivity contribution < 1.29 is 13.2 Å². The van der Waals surface area contributed by atoms with E-state index in [0.717, 1.165) is 5.56 Å². The highest BCUT2D eigenvalue weighted by molar-refractivity contribution is 7.91. The van der Waals surface area contributed by atoms with Crippen molar-refractivity contribution in [3.05, 3.63) is 35.9 Å². The Morgan fingerprint density at radius 1 is 1.29 bits per heavy atom. The Balaban J connectivity index is 2.35. The molecule has 0 saturated carbocycles. The largest absolute Gasteiger partial charge is 0.351 e. The Morgan fingerprint density at radius 3 is 2.53 bits per heavy atom. The number of urea groups is 1. The monoisotopic (exact) mass is 254 g/mol. The van der Waals surface area contributed by atoms with E-state index < -0.39 is 21.9 Å². The van der Waals surface area contributed by atoms with E-state index in [2.05, 4.69) is 0 Å². The van der Waals surface area contributed by atoms with Gasteiger partial charge >= 0.3 is 6.03 Å². The second-order valence-corrected chi connectivity index (χ2v) is 6.30. The van der Waals surface area contributed by atoms with E-state index in [9.17, 15) is 13.2 Å². The van der Waals surface area contributed by atoms with Gasteiger partial charge in [0.2, 0.25) is 0 Å². The zero-order valence-corrected chi connectivity index (χ0v) is 10.1. The Labute approximate surface area is 100 Å². The molecule has 2 rings (SSSR count). The van der Waals surface area contributed by atoms with Gasteiger partial charge in [0, 0.05) is 6.54 Å². The van der Waals surface area contributed by atoms with E-state index in [1.54, 1.807) is 12.1 Å². The van der Waals surface area contributed by atoms with Crippen molar-refractivity contribution in [2.75, 3.05) is 18.1 Å². The summed E-state index contributed by atoms with van der Waals surface area (Å²) in [5, 5.41) is 0. The minimum atomic E-state index is -3.10. The van der Waals surface area contributed by atoms with E-state index in [4.69, 9.17) is 5.73 Å². The van der Waals surface area contributed by atoms with Gasteiger partial charge in [0.1, 0.15) is 0 Å². The lowest BCUT2D eigenvalue weighted by Crippen LogP contribution is -2.48. The summed E-state index contributed by atoms with van der Waals surface area (Å²) in [6, 6.07) is 8.05. The molecule has 1 aliphatic rings. The standard InChI is InChI=1S/C11H14N2O3S/c12-11(14)13-6-7-17(15,16)8-10(13)9-4-2-1-3-5-9/h1-5,10H,6-8H2,(H2,12,14). The highest BCUT2D eigenvalue weighted by Crippen LogP contribution is 2.26. The minimum Gasteiger partial charge on any atom is -0.351 e. The number of rotatable bonds is 1. The number of nitrogens with zero attached hydrogens (tertiary/aromatic N) is 1. The highest BCUT2D eigenvalue weighted by Gasteiger charge is 2.33. The van der Waals surface area contributed by atoms with Gasteiger partial charge in [-0.1, -0.05) is 30.3 Å². The number of benzene rings is 1. The number of amides is 2. The van der Waals surface area contributed by atoms with Crippen LogP contribution in [0.2, 0.25) is 0 Å². The molecule has 17 heavy (non-hydrogen) atoms. The maximum atomic E-state index is 11.6. The van der Waals surface area contributed by atoms with Crippen molar-refractivity contribution in [1.82, 2.24) is 4.90 Å². The summed E-state index contributed by atoms with van der Waals surface area (Å²) in [5.74, 6) is -0.0702. The van der Waals surface area contributed by atoms with Crippen molar-refractivity contribution in [2.24, 2.45) is 5.73 Å². The first-order chi connectivity index (χ1) is 7.99. The molecule has 1 aliphatic heterocycles. The predicted molar refractivity (Wildman–Crippen MR) is 64.1 cm³/mol. The number of hydrogen-bond donors (Lipinski definition) is 1. The van der Waals surface area contributed by atoms with Crippen LogP contribution in [0.4, 0.5) is 4.79 Å². The summed E-state index contributed by atoms with van der Waals surface area (Å²) in [6.07, 6.45) is 0. The average Bonchev–Trinajstić information content (AvgIpc) is 2.28. The highest BCUT2D eigenvalue weighted by atomic mass is 32.2. The summed E-state index contributed by atoms with van der Waals surface area (Å²) < 4.78 is 23.2. The first kappa shape index (κ1) is 11.9. The Kier molecular flexibility index (Phi) is 3.06. The van der Waals surface area contributed by atoms with E-state index in [1.807, 2.05) is 18.2 Å². The average molecular weight is 254 g/mol. The van der Waals surface area contributed by atoms with Crippen LogP contribution >= 0.6 is 0 Å². The fourth-order valence-corrected chi connectivity index (χ4v) is 3.52. The van der Waals surface area contributed by atoms with Crippen molar-refractivity contribution in [2.45, 2.75) is 6.04 Å². The molecule has 0 bridgehead atoms. The molecular formula is C11H14N2O3S. The van der Waals surface area contributed by atoms with Gasteiger partial charge in [0.15, 0.2) is 9.84 Å². The molecule has 0 aliphatic carbocycles. The molecule has 0 radical (unpaired) electrons. The third-order valence-corrected chi connectivity index (χ3v) is 4.53. The van der Waals surface area contributed by atoms with Crippen LogP contribution < -0.4 is 5.73 Å². The van der Waals surface area contributed by atoms with E-state index >= 15 is 0 Å². The smallest absolute Gasteiger partial charge is 0.315 e. The van der Waals surface area contributed by atoms with Gasteiger partial charge in [-0.3, -0.25) is 0 Å². The van der Waals surface area contributed by atoms with Gasteiger partial charge in [0.05, 0.1) is 17.5 Å². The maximum Gasteiger partial charge on any atom is 0.315 e. The molecule has 1 saturated heterocycles. The number of sulfone groups is 1. The van der Waals surface area contributed by atoms with Crippen molar-refractivity contribution in [3.8, 4) is 0 Å². The number of carbonyl (C=O) groups is 1. The molecule has 1 unspecified atom stereocenters. The quantitative estimate of drug-likeness (QED) is 0.794. The first-order valence-electron chi connectivity index (χ1n) is 5.31. The van der Waals surface area contributed by atoms with E-state index in [-0.39, 0.29) is 18.1 Å². The number of primary amides is 1. The molecule has 2 amide bonds. The van der Waals surface area contributed by atoms with Crippen LogP contribution in [0.15, 0.2) is 30.3 Å². The van der Waals surface area contributed by atoms with Crippen LogP contribution in [-0.4, -0.2) is 37.4 Å². The molecule has 2 N–H and O–H groups in total. The molecular weight excluding hydrogens is 240 g/mol. The summed E-state index contributed by atoms with van der Waals surface area (Å²) >= 11 is 0.